The first-order valence-electron chi connectivity index (χ1n) is 6.12. The predicted octanol–water partition coefficient (Wildman–Crippen LogP) is 1.02. The van der Waals surface area contributed by atoms with E-state index >= 15 is 0 Å². The van der Waals surface area contributed by atoms with Crippen LogP contribution in [0.5, 0.6) is 5.75 Å². The summed E-state index contributed by atoms with van der Waals surface area (Å²) in [5, 5.41) is 28.6. The number of nitrogens with zero attached hydrogens (tertiary/aromatic N) is 1. The number of phenolic OH excluding ortho intramolecular Hbond substituents is 1. The number of benzene rings is 1. The largest absolute Gasteiger partial charge is 0.508 e. The molecule has 2 atom stereocenters. The molecule has 7 heteroatoms. The first-order chi connectivity index (χ1) is 9.45. The van der Waals surface area contributed by atoms with Crippen LogP contribution in [0.25, 0.3) is 0 Å². The molecule has 3 N–H and O–H groups in total. The monoisotopic (exact) mass is 281 g/mol. The zero-order chi connectivity index (χ0) is 14.9. The lowest BCUT2D eigenvalue weighted by Gasteiger charge is -2.36. The van der Waals surface area contributed by atoms with Crippen molar-refractivity contribution in [1.29, 1.82) is 0 Å². The fourth-order valence-electron chi connectivity index (χ4n) is 2.32. The minimum Gasteiger partial charge on any atom is -0.508 e. The van der Waals surface area contributed by atoms with E-state index in [9.17, 15) is 24.9 Å². The number of aliphatic hydroxyl groups is 1. The Hall–Kier alpha value is -2.28. The fraction of sp³-hybridized carbons (Fsp3) is 0.385. The highest BCUT2D eigenvalue weighted by molar-refractivity contribution is 5.83. The molecule has 1 heterocycles. The standard InChI is InChI=1S/C13H15NO6/c1-2-20-12(17)11-8-4-3-7(15)5-9(8)10(16)6-14(11)13(18)19/h3-5,10-11,15-16H,2,6H2,1H3,(H,18,19). The second-order valence-electron chi connectivity index (χ2n) is 4.42. The Morgan fingerprint density at radius 3 is 2.70 bits per heavy atom. The molecule has 1 aliphatic heterocycles. The molecule has 0 saturated carbocycles. The second-order valence-corrected chi connectivity index (χ2v) is 4.42. The van der Waals surface area contributed by atoms with Gasteiger partial charge in [0.25, 0.3) is 0 Å². The molecule has 1 amide bonds. The van der Waals surface area contributed by atoms with Gasteiger partial charge in [-0.2, -0.15) is 0 Å². The molecular formula is C13H15NO6. The lowest BCUT2D eigenvalue weighted by molar-refractivity contribution is -0.150. The number of aromatic hydroxyl groups is 1. The van der Waals surface area contributed by atoms with Crippen molar-refractivity contribution in [2.75, 3.05) is 13.2 Å². The third kappa shape index (κ3) is 2.39. The summed E-state index contributed by atoms with van der Waals surface area (Å²) in [6.07, 6.45) is -2.42. The van der Waals surface area contributed by atoms with Gasteiger partial charge in [0, 0.05) is 0 Å². The van der Waals surface area contributed by atoms with E-state index in [-0.39, 0.29) is 18.9 Å². The number of β-amino-alcohol motifs (C(OH)–C–C–N with tert-alkyl or cyclic N) is 1. The molecule has 0 saturated heterocycles. The second kappa shape index (κ2) is 5.38. The Labute approximate surface area is 115 Å². The van der Waals surface area contributed by atoms with Gasteiger partial charge in [-0.15, -0.1) is 0 Å². The topological polar surface area (TPSA) is 107 Å². The highest BCUT2D eigenvalue weighted by atomic mass is 16.5. The molecule has 7 nitrogen and oxygen atoms in total. The number of rotatable bonds is 2. The minimum absolute atomic E-state index is 0.0609. The van der Waals surface area contributed by atoms with Crippen LogP contribution < -0.4 is 0 Å². The van der Waals surface area contributed by atoms with Gasteiger partial charge in [-0.1, -0.05) is 6.07 Å². The van der Waals surface area contributed by atoms with Gasteiger partial charge in [-0.25, -0.2) is 9.59 Å². The third-order valence-corrected chi connectivity index (χ3v) is 3.16. The maximum atomic E-state index is 12.0. The predicted molar refractivity (Wildman–Crippen MR) is 67.2 cm³/mol. The number of phenols is 1. The molecule has 0 radical (unpaired) electrons. The number of aliphatic hydroxyl groups excluding tert-OH is 1. The van der Waals surface area contributed by atoms with E-state index in [0.717, 1.165) is 4.90 Å². The number of carboxylic acid groups (broad SMARTS) is 1. The molecule has 1 aromatic carbocycles. The van der Waals surface area contributed by atoms with Crippen molar-refractivity contribution in [2.24, 2.45) is 0 Å². The van der Waals surface area contributed by atoms with Crippen LogP contribution in [0, 0.1) is 0 Å². The third-order valence-electron chi connectivity index (χ3n) is 3.16. The molecule has 1 aliphatic rings. The normalized spacial score (nSPS) is 21.2. The lowest BCUT2D eigenvalue weighted by Crippen LogP contribution is -2.45. The molecule has 0 fully saturated rings. The van der Waals surface area contributed by atoms with Crippen molar-refractivity contribution < 1.29 is 29.6 Å². The summed E-state index contributed by atoms with van der Waals surface area (Å²) in [6, 6.07) is 2.95. The Morgan fingerprint density at radius 2 is 2.10 bits per heavy atom. The number of carbonyl (C=O) groups is 2. The van der Waals surface area contributed by atoms with Crippen LogP contribution in [0.4, 0.5) is 4.79 Å². The van der Waals surface area contributed by atoms with Crippen molar-refractivity contribution in [2.45, 2.75) is 19.1 Å². The first kappa shape index (κ1) is 14.1. The Bertz CT molecular complexity index is 544. The van der Waals surface area contributed by atoms with Crippen LogP contribution in [-0.4, -0.2) is 45.4 Å². The lowest BCUT2D eigenvalue weighted by atomic mass is 9.90. The highest BCUT2D eigenvalue weighted by Gasteiger charge is 2.40. The molecular weight excluding hydrogens is 266 g/mol. The van der Waals surface area contributed by atoms with Crippen molar-refractivity contribution in [3.63, 3.8) is 0 Å². The summed E-state index contributed by atoms with van der Waals surface area (Å²) in [5.74, 6) is -0.761. The summed E-state index contributed by atoms with van der Waals surface area (Å²) in [6.45, 7) is 1.49. The van der Waals surface area contributed by atoms with E-state index in [2.05, 4.69) is 0 Å². The average Bonchev–Trinajstić information content (AvgIpc) is 2.39. The molecule has 0 aliphatic carbocycles. The smallest absolute Gasteiger partial charge is 0.408 e. The van der Waals surface area contributed by atoms with Crippen molar-refractivity contribution in [3.8, 4) is 5.75 Å². The van der Waals surface area contributed by atoms with E-state index in [4.69, 9.17) is 4.74 Å². The minimum atomic E-state index is -1.32. The van der Waals surface area contributed by atoms with Gasteiger partial charge in [-0.05, 0) is 30.2 Å². The van der Waals surface area contributed by atoms with E-state index in [1.165, 1.54) is 18.2 Å². The number of carbonyl (C=O) groups excluding carboxylic acids is 1. The summed E-state index contributed by atoms with van der Waals surface area (Å²) < 4.78 is 4.90. The van der Waals surface area contributed by atoms with Gasteiger partial charge in [0.05, 0.1) is 19.3 Å². The van der Waals surface area contributed by atoms with Gasteiger partial charge in [0.15, 0.2) is 6.04 Å². The summed E-state index contributed by atoms with van der Waals surface area (Å²) in [5.41, 5.74) is 0.656. The number of amides is 1. The molecule has 20 heavy (non-hydrogen) atoms. The van der Waals surface area contributed by atoms with Crippen LogP contribution in [0.1, 0.15) is 30.2 Å². The SMILES string of the molecule is CCOC(=O)C1c2ccc(O)cc2C(O)CN1C(=O)O. The van der Waals surface area contributed by atoms with Crippen LogP contribution in [-0.2, 0) is 9.53 Å². The Balaban J connectivity index is 2.51. The summed E-state index contributed by atoms with van der Waals surface area (Å²) in [4.78, 5) is 24.1. The Morgan fingerprint density at radius 1 is 1.40 bits per heavy atom. The van der Waals surface area contributed by atoms with E-state index < -0.39 is 24.2 Å². The van der Waals surface area contributed by atoms with Gasteiger partial charge >= 0.3 is 12.1 Å². The van der Waals surface area contributed by atoms with E-state index in [0.29, 0.717) is 11.1 Å². The zero-order valence-corrected chi connectivity index (χ0v) is 10.8. The van der Waals surface area contributed by atoms with Gasteiger partial charge in [0.2, 0.25) is 0 Å². The maximum Gasteiger partial charge on any atom is 0.408 e. The van der Waals surface area contributed by atoms with Crippen LogP contribution >= 0.6 is 0 Å². The van der Waals surface area contributed by atoms with Gasteiger partial charge in [-0.3, -0.25) is 4.90 Å². The molecule has 2 unspecified atom stereocenters. The summed E-state index contributed by atoms with van der Waals surface area (Å²) >= 11 is 0. The van der Waals surface area contributed by atoms with Crippen molar-refractivity contribution in [3.05, 3.63) is 29.3 Å². The molecule has 0 bridgehead atoms. The van der Waals surface area contributed by atoms with Crippen LogP contribution in [0.15, 0.2) is 18.2 Å². The molecule has 0 spiro atoms. The number of esters is 1. The number of ether oxygens (including phenoxy) is 1. The molecule has 0 aromatic heterocycles. The van der Waals surface area contributed by atoms with Crippen LogP contribution in [0.2, 0.25) is 0 Å². The van der Waals surface area contributed by atoms with Gasteiger partial charge < -0.3 is 20.1 Å². The number of fused-ring (bicyclic) bond motifs is 1. The maximum absolute atomic E-state index is 12.0. The first-order valence-corrected chi connectivity index (χ1v) is 6.12. The average molecular weight is 281 g/mol. The van der Waals surface area contributed by atoms with E-state index in [1.54, 1.807) is 6.92 Å². The van der Waals surface area contributed by atoms with E-state index in [1.807, 2.05) is 0 Å². The highest BCUT2D eigenvalue weighted by Crippen LogP contribution is 2.37. The molecule has 108 valence electrons. The van der Waals surface area contributed by atoms with Crippen molar-refractivity contribution >= 4 is 12.1 Å². The number of hydrogen-bond donors (Lipinski definition) is 3. The van der Waals surface area contributed by atoms with Crippen LogP contribution in [0.3, 0.4) is 0 Å². The Kier molecular flexibility index (Phi) is 3.80. The zero-order valence-electron chi connectivity index (χ0n) is 10.8. The summed E-state index contributed by atoms with van der Waals surface area (Å²) in [7, 11) is 0. The number of hydrogen-bond acceptors (Lipinski definition) is 5. The fourth-order valence-corrected chi connectivity index (χ4v) is 2.32. The quantitative estimate of drug-likeness (QED) is 0.699. The molecule has 1 aromatic rings. The van der Waals surface area contributed by atoms with Crippen molar-refractivity contribution in [1.82, 2.24) is 4.90 Å². The van der Waals surface area contributed by atoms with Gasteiger partial charge in [0.1, 0.15) is 5.75 Å². The molecule has 2 rings (SSSR count).